The van der Waals surface area contributed by atoms with Crippen LogP contribution in [0.3, 0.4) is 0 Å². The van der Waals surface area contributed by atoms with Crippen LogP contribution in [0.15, 0.2) is 18.2 Å². The number of nitro benzene ring substituents is 1. The zero-order chi connectivity index (χ0) is 18.9. The predicted molar refractivity (Wildman–Crippen MR) is 97.3 cm³/mol. The number of ether oxygens (including phenoxy) is 1. The molecule has 25 heavy (non-hydrogen) atoms. The van der Waals surface area contributed by atoms with Crippen LogP contribution in [-0.4, -0.2) is 46.7 Å². The normalized spacial score (nSPS) is 21.2. The third-order valence-corrected chi connectivity index (χ3v) is 4.31. The van der Waals surface area contributed by atoms with Gasteiger partial charge in [-0.05, 0) is 40.7 Å². The van der Waals surface area contributed by atoms with Crippen LogP contribution in [-0.2, 0) is 4.74 Å². The van der Waals surface area contributed by atoms with Gasteiger partial charge < -0.3 is 9.64 Å². The summed E-state index contributed by atoms with van der Waals surface area (Å²) in [6.45, 7) is 10.6. The summed E-state index contributed by atoms with van der Waals surface area (Å²) in [5, 5.41) is 11.2. The number of rotatable bonds is 2. The van der Waals surface area contributed by atoms with Crippen molar-refractivity contribution in [2.24, 2.45) is 0 Å². The second-order valence-electron chi connectivity index (χ2n) is 7.38. The molecule has 0 spiro atoms. The average molecular weight is 370 g/mol. The number of non-ortho nitro benzene ring substituents is 1. The fourth-order valence-electron chi connectivity index (χ4n) is 3.06. The topological polar surface area (TPSA) is 75.9 Å². The van der Waals surface area contributed by atoms with Crippen molar-refractivity contribution in [2.75, 3.05) is 18.0 Å². The first-order chi connectivity index (χ1) is 11.5. The highest BCUT2D eigenvalue weighted by atomic mass is 35.5. The Balaban J connectivity index is 2.17. The van der Waals surface area contributed by atoms with Crippen molar-refractivity contribution in [3.8, 4) is 0 Å². The number of amides is 1. The number of hydrogen-bond acceptors (Lipinski definition) is 5. The van der Waals surface area contributed by atoms with Crippen molar-refractivity contribution in [1.82, 2.24) is 4.90 Å². The van der Waals surface area contributed by atoms with Crippen LogP contribution in [0.25, 0.3) is 0 Å². The number of carbonyl (C=O) groups is 1. The van der Waals surface area contributed by atoms with Crippen molar-refractivity contribution in [3.63, 3.8) is 0 Å². The van der Waals surface area contributed by atoms with Gasteiger partial charge in [-0.3, -0.25) is 15.0 Å². The summed E-state index contributed by atoms with van der Waals surface area (Å²) < 4.78 is 5.49. The number of hydrogen-bond donors (Lipinski definition) is 0. The third kappa shape index (κ3) is 4.54. The van der Waals surface area contributed by atoms with E-state index in [0.717, 1.165) is 5.69 Å². The minimum Gasteiger partial charge on any atom is -0.444 e. The zero-order valence-electron chi connectivity index (χ0n) is 15.2. The molecule has 138 valence electrons. The van der Waals surface area contributed by atoms with E-state index in [1.54, 1.807) is 11.0 Å². The maximum absolute atomic E-state index is 12.4. The van der Waals surface area contributed by atoms with E-state index in [2.05, 4.69) is 0 Å². The lowest BCUT2D eigenvalue weighted by molar-refractivity contribution is -0.384. The molecule has 2 atom stereocenters. The lowest BCUT2D eigenvalue weighted by atomic mass is 10.1. The van der Waals surface area contributed by atoms with E-state index in [1.165, 1.54) is 12.1 Å². The molecule has 1 saturated heterocycles. The smallest absolute Gasteiger partial charge is 0.410 e. The van der Waals surface area contributed by atoms with Gasteiger partial charge in [-0.1, -0.05) is 11.6 Å². The summed E-state index contributed by atoms with van der Waals surface area (Å²) in [6, 6.07) is 4.29. The van der Waals surface area contributed by atoms with E-state index in [0.29, 0.717) is 18.1 Å². The van der Waals surface area contributed by atoms with E-state index in [-0.39, 0.29) is 23.9 Å². The average Bonchev–Trinajstić information content (AvgIpc) is 2.44. The van der Waals surface area contributed by atoms with E-state index in [9.17, 15) is 14.9 Å². The predicted octanol–water partition coefficient (Wildman–Crippen LogP) is 4.08. The molecule has 1 fully saturated rings. The Morgan fingerprint density at radius 3 is 2.28 bits per heavy atom. The van der Waals surface area contributed by atoms with Gasteiger partial charge in [0.2, 0.25) is 0 Å². The summed E-state index contributed by atoms with van der Waals surface area (Å²) in [5.74, 6) is 0. The molecule has 1 heterocycles. The number of benzene rings is 1. The molecular weight excluding hydrogens is 346 g/mol. The van der Waals surface area contributed by atoms with Crippen LogP contribution >= 0.6 is 11.6 Å². The van der Waals surface area contributed by atoms with Gasteiger partial charge >= 0.3 is 6.09 Å². The molecular formula is C17H24ClN3O4. The van der Waals surface area contributed by atoms with Gasteiger partial charge in [0.25, 0.3) is 5.69 Å². The van der Waals surface area contributed by atoms with Gasteiger partial charge in [-0.15, -0.1) is 0 Å². The van der Waals surface area contributed by atoms with Gasteiger partial charge in [0.15, 0.2) is 0 Å². The van der Waals surface area contributed by atoms with Gasteiger partial charge in [0.1, 0.15) is 5.60 Å². The van der Waals surface area contributed by atoms with Gasteiger partial charge in [0, 0.05) is 25.2 Å². The molecule has 1 aromatic rings. The highest BCUT2D eigenvalue weighted by molar-refractivity contribution is 6.33. The van der Waals surface area contributed by atoms with E-state index >= 15 is 0 Å². The Hall–Kier alpha value is -2.02. The Morgan fingerprint density at radius 1 is 1.28 bits per heavy atom. The number of nitrogens with zero attached hydrogens (tertiary/aromatic N) is 3. The third-order valence-electron chi connectivity index (χ3n) is 4.01. The highest BCUT2D eigenvalue weighted by Gasteiger charge is 2.36. The molecule has 0 radical (unpaired) electrons. The molecule has 0 saturated carbocycles. The first-order valence-corrected chi connectivity index (χ1v) is 8.57. The van der Waals surface area contributed by atoms with Gasteiger partial charge in [0.05, 0.1) is 27.7 Å². The number of nitro groups is 1. The number of piperazine rings is 1. The standard InChI is InChI=1S/C17H24ClN3O4/c1-11-9-19(15-7-6-13(21(23)24)8-14(15)18)10-12(2)20(11)16(22)25-17(3,4)5/h6-8,11-12H,9-10H2,1-5H3/t11-,12+. The minimum atomic E-state index is -0.546. The Labute approximate surface area is 152 Å². The van der Waals surface area contributed by atoms with Crippen molar-refractivity contribution in [3.05, 3.63) is 33.3 Å². The summed E-state index contributed by atoms with van der Waals surface area (Å²) >= 11 is 6.24. The van der Waals surface area contributed by atoms with E-state index < -0.39 is 10.5 Å². The minimum absolute atomic E-state index is 0.0396. The summed E-state index contributed by atoms with van der Waals surface area (Å²) in [5.41, 5.74) is 0.145. The van der Waals surface area contributed by atoms with Crippen LogP contribution in [0.4, 0.5) is 16.2 Å². The monoisotopic (exact) mass is 369 g/mol. The van der Waals surface area contributed by atoms with Crippen molar-refractivity contribution < 1.29 is 14.5 Å². The molecule has 1 amide bonds. The second-order valence-corrected chi connectivity index (χ2v) is 7.79. The summed E-state index contributed by atoms with van der Waals surface area (Å²) in [4.78, 5) is 26.6. The lowest BCUT2D eigenvalue weighted by Crippen LogP contribution is -2.59. The number of anilines is 1. The fraction of sp³-hybridized carbons (Fsp3) is 0.588. The summed E-state index contributed by atoms with van der Waals surface area (Å²) in [7, 11) is 0. The maximum atomic E-state index is 12.4. The zero-order valence-corrected chi connectivity index (χ0v) is 15.9. The second kappa shape index (κ2) is 7.07. The molecule has 0 unspecified atom stereocenters. The molecule has 1 aromatic carbocycles. The van der Waals surface area contributed by atoms with Gasteiger partial charge in [-0.2, -0.15) is 0 Å². The van der Waals surface area contributed by atoms with Crippen molar-refractivity contribution in [2.45, 2.75) is 52.3 Å². The SMILES string of the molecule is C[C@@H]1CN(c2ccc([N+](=O)[O-])cc2Cl)C[C@H](C)N1C(=O)OC(C)(C)C. The maximum Gasteiger partial charge on any atom is 0.410 e. The molecule has 0 N–H and O–H groups in total. The Bertz CT molecular complexity index is 662. The van der Waals surface area contributed by atoms with Gasteiger partial charge in [-0.25, -0.2) is 4.79 Å². The molecule has 0 aliphatic carbocycles. The largest absolute Gasteiger partial charge is 0.444 e. The van der Waals surface area contributed by atoms with Crippen LogP contribution in [0.5, 0.6) is 0 Å². The molecule has 7 nitrogen and oxygen atoms in total. The van der Waals surface area contributed by atoms with E-state index in [4.69, 9.17) is 16.3 Å². The number of halogens is 1. The number of carbonyl (C=O) groups excluding carboxylic acids is 1. The fourth-order valence-corrected chi connectivity index (χ4v) is 3.35. The molecule has 0 bridgehead atoms. The Kier molecular flexibility index (Phi) is 5.46. The highest BCUT2D eigenvalue weighted by Crippen LogP contribution is 2.32. The quantitative estimate of drug-likeness (QED) is 0.579. The van der Waals surface area contributed by atoms with Crippen LogP contribution in [0, 0.1) is 10.1 Å². The first kappa shape index (κ1) is 19.3. The van der Waals surface area contributed by atoms with E-state index in [1.807, 2.05) is 39.5 Å². The molecule has 1 aliphatic heterocycles. The van der Waals surface area contributed by atoms with Crippen LogP contribution < -0.4 is 4.90 Å². The molecule has 8 heteroatoms. The molecule has 1 aliphatic rings. The summed E-state index contributed by atoms with van der Waals surface area (Å²) in [6.07, 6.45) is -0.332. The first-order valence-electron chi connectivity index (χ1n) is 8.20. The lowest BCUT2D eigenvalue weighted by Gasteiger charge is -2.45. The Morgan fingerprint density at radius 2 is 1.84 bits per heavy atom. The van der Waals surface area contributed by atoms with Crippen molar-refractivity contribution in [1.29, 1.82) is 0 Å². The van der Waals surface area contributed by atoms with Crippen molar-refractivity contribution >= 4 is 29.1 Å². The van der Waals surface area contributed by atoms with Crippen LogP contribution in [0.1, 0.15) is 34.6 Å². The molecule has 0 aromatic heterocycles. The molecule has 2 rings (SSSR count). The van der Waals surface area contributed by atoms with Crippen LogP contribution in [0.2, 0.25) is 5.02 Å².